The summed E-state index contributed by atoms with van der Waals surface area (Å²) in [4.78, 5) is 0. The molecule has 0 aliphatic rings. The molecule has 0 atom stereocenters. The average Bonchev–Trinajstić information content (AvgIpc) is 2.54. The number of rotatable bonds is 1. The highest BCUT2D eigenvalue weighted by molar-refractivity contribution is 14.1. The van der Waals surface area contributed by atoms with Crippen molar-refractivity contribution in [2.75, 3.05) is 0 Å². The molecule has 0 fully saturated rings. The van der Waals surface area contributed by atoms with Gasteiger partial charge in [-0.2, -0.15) is 0 Å². The van der Waals surface area contributed by atoms with E-state index in [1.165, 1.54) is 0 Å². The monoisotopic (exact) mass is 324 g/mol. The van der Waals surface area contributed by atoms with E-state index >= 15 is 0 Å². The number of benzene rings is 1. The summed E-state index contributed by atoms with van der Waals surface area (Å²) in [5, 5.41) is 12.8. The minimum atomic E-state index is 0.325. The van der Waals surface area contributed by atoms with E-state index in [1.54, 1.807) is 17.4 Å². The molecule has 1 aromatic carbocycles. The average molecular weight is 325 g/mol. The molecule has 0 amide bonds. The van der Waals surface area contributed by atoms with Crippen LogP contribution in [0.25, 0.3) is 10.1 Å². The smallest absolute Gasteiger partial charge is 0.130 e. The van der Waals surface area contributed by atoms with Crippen LogP contribution in [-0.2, 0) is 5.88 Å². The molecule has 1 N–H and O–H groups in total. The number of phenolic OH excluding ortho intramolecular Hbond substituents is 1. The normalized spacial score (nSPS) is 10.9. The summed E-state index contributed by atoms with van der Waals surface area (Å²) < 4.78 is 1.95. The van der Waals surface area contributed by atoms with Crippen LogP contribution < -0.4 is 0 Å². The van der Waals surface area contributed by atoms with Crippen molar-refractivity contribution in [3.63, 3.8) is 0 Å². The van der Waals surface area contributed by atoms with E-state index in [2.05, 4.69) is 22.6 Å². The fourth-order valence-electron chi connectivity index (χ4n) is 1.27. The Hall–Kier alpha value is -0.000000000000000111. The third-order valence-electron chi connectivity index (χ3n) is 1.91. The molecule has 0 saturated heterocycles. The maximum Gasteiger partial charge on any atom is 0.130 e. The molecule has 1 nitrogen and oxygen atoms in total. The molecule has 0 spiro atoms. The van der Waals surface area contributed by atoms with Gasteiger partial charge in [0.25, 0.3) is 0 Å². The molecule has 0 bridgehead atoms. The molecule has 0 saturated carbocycles. The second kappa shape index (κ2) is 3.63. The van der Waals surface area contributed by atoms with E-state index in [9.17, 15) is 5.11 Å². The second-order valence-corrected chi connectivity index (χ2v) is 4.95. The van der Waals surface area contributed by atoms with Gasteiger partial charge in [-0.1, -0.05) is 0 Å². The van der Waals surface area contributed by atoms with E-state index in [-0.39, 0.29) is 0 Å². The van der Waals surface area contributed by atoms with Crippen LogP contribution in [0.2, 0.25) is 0 Å². The summed E-state index contributed by atoms with van der Waals surface area (Å²) in [7, 11) is 0. The maximum absolute atomic E-state index is 9.59. The van der Waals surface area contributed by atoms with E-state index in [0.29, 0.717) is 11.6 Å². The Labute approximate surface area is 98.5 Å². The Balaban J connectivity index is 2.87. The van der Waals surface area contributed by atoms with Crippen LogP contribution in [0.3, 0.4) is 0 Å². The largest absolute Gasteiger partial charge is 0.507 e. The van der Waals surface area contributed by atoms with Gasteiger partial charge in [0.15, 0.2) is 0 Å². The van der Waals surface area contributed by atoms with Crippen LogP contribution in [0, 0.1) is 3.57 Å². The predicted octanol–water partition coefficient (Wildman–Crippen LogP) is 3.95. The highest BCUT2D eigenvalue weighted by Crippen LogP contribution is 2.34. The summed E-state index contributed by atoms with van der Waals surface area (Å²) >= 11 is 9.57. The molecule has 0 unspecified atom stereocenters. The number of phenols is 1. The first kappa shape index (κ1) is 9.55. The zero-order valence-corrected chi connectivity index (χ0v) is 10.3. The van der Waals surface area contributed by atoms with Crippen LogP contribution in [-0.4, -0.2) is 5.11 Å². The standard InChI is InChI=1S/C9H6ClIOS/c10-4-6-5-1-2-13-8(5)3-7(12)9(6)11/h1-3,12H,4H2. The van der Waals surface area contributed by atoms with Crippen molar-refractivity contribution in [2.24, 2.45) is 0 Å². The minimum Gasteiger partial charge on any atom is -0.507 e. The quantitative estimate of drug-likeness (QED) is 0.622. The molecule has 2 aromatic rings. The van der Waals surface area contributed by atoms with Crippen molar-refractivity contribution in [3.05, 3.63) is 26.6 Å². The lowest BCUT2D eigenvalue weighted by Crippen LogP contribution is -1.85. The van der Waals surface area contributed by atoms with Crippen LogP contribution in [0.4, 0.5) is 0 Å². The number of hydrogen-bond acceptors (Lipinski definition) is 2. The van der Waals surface area contributed by atoms with Crippen LogP contribution in [0.1, 0.15) is 5.56 Å². The third kappa shape index (κ3) is 1.53. The molecule has 2 rings (SSSR count). The SMILES string of the molecule is Oc1cc2sccc2c(CCl)c1I. The van der Waals surface area contributed by atoms with Crippen molar-refractivity contribution >= 4 is 55.6 Å². The number of fused-ring (bicyclic) bond motifs is 1. The predicted molar refractivity (Wildman–Crippen MR) is 65.8 cm³/mol. The van der Waals surface area contributed by atoms with Gasteiger partial charge >= 0.3 is 0 Å². The Morgan fingerprint density at radius 3 is 3.00 bits per heavy atom. The van der Waals surface area contributed by atoms with Crippen molar-refractivity contribution in [1.82, 2.24) is 0 Å². The number of hydrogen-bond donors (Lipinski definition) is 1. The molecule has 0 radical (unpaired) electrons. The fraction of sp³-hybridized carbons (Fsp3) is 0.111. The Kier molecular flexibility index (Phi) is 2.67. The highest BCUT2D eigenvalue weighted by atomic mass is 127. The molecule has 0 aliphatic heterocycles. The van der Waals surface area contributed by atoms with Gasteiger partial charge in [0.1, 0.15) is 5.75 Å². The molecule has 0 aliphatic carbocycles. The first-order valence-corrected chi connectivity index (χ1v) is 6.17. The van der Waals surface area contributed by atoms with Crippen LogP contribution >= 0.6 is 45.5 Å². The van der Waals surface area contributed by atoms with Gasteiger partial charge < -0.3 is 5.11 Å². The summed E-state index contributed by atoms with van der Waals surface area (Å²) in [6.07, 6.45) is 0. The molecular weight excluding hydrogens is 319 g/mol. The van der Waals surface area contributed by atoms with Gasteiger partial charge in [-0.25, -0.2) is 0 Å². The Morgan fingerprint density at radius 2 is 2.31 bits per heavy atom. The maximum atomic E-state index is 9.59. The molecular formula is C9H6ClIOS. The number of halogens is 2. The zero-order chi connectivity index (χ0) is 9.42. The molecule has 4 heteroatoms. The lowest BCUT2D eigenvalue weighted by molar-refractivity contribution is 0.472. The van der Waals surface area contributed by atoms with Crippen molar-refractivity contribution in [3.8, 4) is 5.75 Å². The van der Waals surface area contributed by atoms with Gasteiger partial charge in [0.05, 0.1) is 3.57 Å². The van der Waals surface area contributed by atoms with Gasteiger partial charge in [-0.15, -0.1) is 22.9 Å². The van der Waals surface area contributed by atoms with E-state index in [0.717, 1.165) is 19.2 Å². The van der Waals surface area contributed by atoms with Gasteiger partial charge in [0, 0.05) is 10.6 Å². The first-order valence-electron chi connectivity index (χ1n) is 3.67. The van der Waals surface area contributed by atoms with Gasteiger partial charge in [0.2, 0.25) is 0 Å². The minimum absolute atomic E-state index is 0.325. The Bertz CT molecular complexity index is 452. The molecule has 13 heavy (non-hydrogen) atoms. The van der Waals surface area contributed by atoms with Gasteiger partial charge in [-0.3, -0.25) is 0 Å². The Morgan fingerprint density at radius 1 is 1.54 bits per heavy atom. The second-order valence-electron chi connectivity index (χ2n) is 2.65. The zero-order valence-electron chi connectivity index (χ0n) is 6.55. The lowest BCUT2D eigenvalue weighted by atomic mass is 10.1. The highest BCUT2D eigenvalue weighted by Gasteiger charge is 2.10. The van der Waals surface area contributed by atoms with E-state index < -0.39 is 0 Å². The van der Waals surface area contributed by atoms with Crippen molar-refractivity contribution in [2.45, 2.75) is 5.88 Å². The molecule has 1 heterocycles. The fourth-order valence-corrected chi connectivity index (χ4v) is 3.26. The number of thiophene rings is 1. The lowest BCUT2D eigenvalue weighted by Gasteiger charge is -2.04. The number of alkyl halides is 1. The van der Waals surface area contributed by atoms with E-state index in [4.69, 9.17) is 11.6 Å². The third-order valence-corrected chi connectivity index (χ3v) is 4.25. The molecule has 1 aromatic heterocycles. The summed E-state index contributed by atoms with van der Waals surface area (Å²) in [5.41, 5.74) is 1.03. The summed E-state index contributed by atoms with van der Waals surface area (Å²) in [6, 6.07) is 3.83. The molecule has 68 valence electrons. The number of aromatic hydroxyl groups is 1. The summed E-state index contributed by atoms with van der Waals surface area (Å²) in [6.45, 7) is 0. The van der Waals surface area contributed by atoms with E-state index in [1.807, 2.05) is 11.4 Å². The first-order chi connectivity index (χ1) is 6.24. The van der Waals surface area contributed by atoms with Crippen molar-refractivity contribution in [1.29, 1.82) is 0 Å². The topological polar surface area (TPSA) is 20.2 Å². The summed E-state index contributed by atoms with van der Waals surface area (Å²) in [5.74, 6) is 0.770. The van der Waals surface area contributed by atoms with Crippen LogP contribution in [0.5, 0.6) is 5.75 Å². The van der Waals surface area contributed by atoms with Gasteiger partial charge in [-0.05, 0) is 51.1 Å². The van der Waals surface area contributed by atoms with Crippen molar-refractivity contribution < 1.29 is 5.11 Å². The van der Waals surface area contributed by atoms with Crippen LogP contribution in [0.15, 0.2) is 17.5 Å².